The van der Waals surface area contributed by atoms with Gasteiger partial charge in [0.15, 0.2) is 0 Å². The summed E-state index contributed by atoms with van der Waals surface area (Å²) in [7, 11) is 0. The molecule has 0 aliphatic heterocycles. The molecule has 0 saturated carbocycles. The summed E-state index contributed by atoms with van der Waals surface area (Å²) in [4.78, 5) is 15.7. The fourth-order valence-corrected chi connectivity index (χ4v) is 2.54. The largest absolute Gasteiger partial charge is 0.486 e. The molecule has 0 fully saturated rings. The number of nitrogens with zero attached hydrogens (tertiary/aromatic N) is 1. The third-order valence-electron chi connectivity index (χ3n) is 2.18. The number of hydrogen-bond acceptors (Lipinski definition) is 5. The zero-order valence-electron chi connectivity index (χ0n) is 9.62. The number of rotatable bonds is 5. The van der Waals surface area contributed by atoms with Gasteiger partial charge in [0, 0.05) is 10.3 Å². The molecule has 4 nitrogen and oxygen atoms in total. The molecule has 0 radical (unpaired) electrons. The molecule has 1 aromatic carbocycles. The van der Waals surface area contributed by atoms with E-state index >= 15 is 0 Å². The first-order valence-corrected chi connectivity index (χ1v) is 7.24. The maximum atomic E-state index is 10.7. The summed E-state index contributed by atoms with van der Waals surface area (Å²) in [6.07, 6.45) is 1.98. The van der Waals surface area contributed by atoms with Gasteiger partial charge < -0.3 is 9.84 Å². The highest BCUT2D eigenvalue weighted by Crippen LogP contribution is 2.27. The molecule has 0 aliphatic carbocycles. The quantitative estimate of drug-likeness (QED) is 0.853. The standard InChI is InChI=1S/C12H11NO3S2/c1-17-10-5-3-2-4-9(10)16-6-8-7-18-11(13-8)12(14)15/h2-5,7H,6H2,1H3,(H,14,15). The number of carboxylic acids is 1. The smallest absolute Gasteiger partial charge is 0.365 e. The molecule has 0 bridgehead atoms. The van der Waals surface area contributed by atoms with Gasteiger partial charge in [0.2, 0.25) is 5.01 Å². The van der Waals surface area contributed by atoms with Crippen LogP contribution in [0.2, 0.25) is 0 Å². The Bertz CT molecular complexity index is 554. The fourth-order valence-electron chi connectivity index (χ4n) is 1.36. The normalized spacial score (nSPS) is 10.3. The van der Waals surface area contributed by atoms with Crippen molar-refractivity contribution in [1.82, 2.24) is 4.98 Å². The second-order valence-electron chi connectivity index (χ2n) is 3.39. The van der Waals surface area contributed by atoms with Gasteiger partial charge in [-0.15, -0.1) is 23.1 Å². The average Bonchev–Trinajstić information content (AvgIpc) is 2.85. The Morgan fingerprint density at radius 1 is 1.50 bits per heavy atom. The van der Waals surface area contributed by atoms with E-state index in [1.807, 2.05) is 30.5 Å². The van der Waals surface area contributed by atoms with E-state index in [4.69, 9.17) is 9.84 Å². The number of benzene rings is 1. The first kappa shape index (κ1) is 12.9. The van der Waals surface area contributed by atoms with Crippen molar-refractivity contribution in [3.05, 3.63) is 40.3 Å². The highest BCUT2D eigenvalue weighted by molar-refractivity contribution is 7.98. The Balaban J connectivity index is 2.04. The zero-order valence-corrected chi connectivity index (χ0v) is 11.3. The van der Waals surface area contributed by atoms with Crippen molar-refractivity contribution in [3.8, 4) is 5.75 Å². The van der Waals surface area contributed by atoms with Crippen LogP contribution in [0.1, 0.15) is 15.5 Å². The van der Waals surface area contributed by atoms with Crippen LogP contribution < -0.4 is 4.74 Å². The predicted octanol–water partition coefficient (Wildman–Crippen LogP) is 3.14. The number of aromatic carboxylic acids is 1. The predicted molar refractivity (Wildman–Crippen MR) is 71.6 cm³/mol. The van der Waals surface area contributed by atoms with E-state index in [1.54, 1.807) is 17.1 Å². The summed E-state index contributed by atoms with van der Waals surface area (Å²) in [5, 5.41) is 10.6. The minimum Gasteiger partial charge on any atom is -0.486 e. The van der Waals surface area contributed by atoms with Crippen molar-refractivity contribution in [2.75, 3.05) is 6.26 Å². The minimum atomic E-state index is -1.00. The number of carbonyl (C=O) groups is 1. The highest BCUT2D eigenvalue weighted by Gasteiger charge is 2.09. The van der Waals surface area contributed by atoms with Crippen LogP contribution in [0.25, 0.3) is 0 Å². The van der Waals surface area contributed by atoms with Gasteiger partial charge in [0.1, 0.15) is 12.4 Å². The molecule has 0 amide bonds. The molecule has 1 N–H and O–H groups in total. The second kappa shape index (κ2) is 5.88. The Morgan fingerprint density at radius 3 is 2.94 bits per heavy atom. The average molecular weight is 281 g/mol. The van der Waals surface area contributed by atoms with Crippen molar-refractivity contribution >= 4 is 29.1 Å². The van der Waals surface area contributed by atoms with Crippen LogP contribution in [0.5, 0.6) is 5.75 Å². The first-order chi connectivity index (χ1) is 8.70. The maximum Gasteiger partial charge on any atom is 0.365 e. The lowest BCUT2D eigenvalue weighted by Gasteiger charge is -2.07. The van der Waals surface area contributed by atoms with Gasteiger partial charge in [-0.2, -0.15) is 0 Å². The van der Waals surface area contributed by atoms with Crippen molar-refractivity contribution in [3.63, 3.8) is 0 Å². The van der Waals surface area contributed by atoms with Gasteiger partial charge in [0.05, 0.1) is 5.69 Å². The van der Waals surface area contributed by atoms with Crippen molar-refractivity contribution in [2.45, 2.75) is 11.5 Å². The van der Waals surface area contributed by atoms with Crippen LogP contribution in [0.3, 0.4) is 0 Å². The molecule has 18 heavy (non-hydrogen) atoms. The van der Waals surface area contributed by atoms with Crippen LogP contribution >= 0.6 is 23.1 Å². The lowest BCUT2D eigenvalue weighted by atomic mass is 10.3. The second-order valence-corrected chi connectivity index (χ2v) is 5.09. The molecule has 0 atom stereocenters. The minimum absolute atomic E-state index is 0.0896. The molecule has 0 saturated heterocycles. The van der Waals surface area contributed by atoms with Gasteiger partial charge in [-0.05, 0) is 18.4 Å². The molecule has 2 aromatic rings. The SMILES string of the molecule is CSc1ccccc1OCc1csc(C(=O)O)n1. The molecular weight excluding hydrogens is 270 g/mol. The van der Waals surface area contributed by atoms with E-state index in [-0.39, 0.29) is 11.6 Å². The number of para-hydroxylation sites is 1. The van der Waals surface area contributed by atoms with E-state index in [9.17, 15) is 4.79 Å². The summed E-state index contributed by atoms with van der Waals surface area (Å²) < 4.78 is 5.64. The number of thiazole rings is 1. The van der Waals surface area contributed by atoms with Gasteiger partial charge in [-0.3, -0.25) is 0 Å². The molecule has 1 heterocycles. The van der Waals surface area contributed by atoms with E-state index in [1.165, 1.54) is 0 Å². The summed E-state index contributed by atoms with van der Waals surface area (Å²) in [5.74, 6) is -0.217. The van der Waals surface area contributed by atoms with E-state index in [0.29, 0.717) is 5.69 Å². The van der Waals surface area contributed by atoms with Crippen LogP contribution in [-0.4, -0.2) is 22.3 Å². The third kappa shape index (κ3) is 3.02. The molecule has 2 rings (SSSR count). The van der Waals surface area contributed by atoms with Gasteiger partial charge in [0.25, 0.3) is 0 Å². The topological polar surface area (TPSA) is 59.4 Å². The van der Waals surface area contributed by atoms with Crippen LogP contribution in [0, 0.1) is 0 Å². The first-order valence-electron chi connectivity index (χ1n) is 5.14. The molecule has 0 spiro atoms. The molecular formula is C12H11NO3S2. The van der Waals surface area contributed by atoms with E-state index in [0.717, 1.165) is 22.0 Å². The van der Waals surface area contributed by atoms with Gasteiger partial charge in [-0.25, -0.2) is 9.78 Å². The number of hydrogen-bond donors (Lipinski definition) is 1. The molecule has 94 valence electrons. The Kier molecular flexibility index (Phi) is 4.22. The van der Waals surface area contributed by atoms with Crippen LogP contribution in [0.4, 0.5) is 0 Å². The monoisotopic (exact) mass is 281 g/mol. The molecule has 1 aromatic heterocycles. The lowest BCUT2D eigenvalue weighted by molar-refractivity contribution is 0.0696. The number of aromatic nitrogens is 1. The van der Waals surface area contributed by atoms with E-state index < -0.39 is 5.97 Å². The summed E-state index contributed by atoms with van der Waals surface area (Å²) >= 11 is 2.71. The summed E-state index contributed by atoms with van der Waals surface area (Å²) in [5.41, 5.74) is 0.633. The number of ether oxygens (including phenoxy) is 1. The third-order valence-corrected chi connectivity index (χ3v) is 3.84. The Morgan fingerprint density at radius 2 is 2.28 bits per heavy atom. The van der Waals surface area contributed by atoms with Crippen molar-refractivity contribution in [1.29, 1.82) is 0 Å². The molecule has 0 unspecified atom stereocenters. The zero-order chi connectivity index (χ0) is 13.0. The van der Waals surface area contributed by atoms with Gasteiger partial charge >= 0.3 is 5.97 Å². The van der Waals surface area contributed by atoms with Crippen molar-refractivity contribution < 1.29 is 14.6 Å². The molecule has 6 heteroatoms. The van der Waals surface area contributed by atoms with E-state index in [2.05, 4.69) is 4.98 Å². The Labute approximate surface area is 113 Å². The van der Waals surface area contributed by atoms with Crippen LogP contribution in [-0.2, 0) is 6.61 Å². The maximum absolute atomic E-state index is 10.7. The Hall–Kier alpha value is -1.53. The fraction of sp³-hybridized carbons (Fsp3) is 0.167. The number of thioether (sulfide) groups is 1. The van der Waals surface area contributed by atoms with Crippen molar-refractivity contribution in [2.24, 2.45) is 0 Å². The summed E-state index contributed by atoms with van der Waals surface area (Å²) in [6.45, 7) is 0.279. The highest BCUT2D eigenvalue weighted by atomic mass is 32.2. The number of carboxylic acid groups (broad SMARTS) is 1. The summed E-state index contributed by atoms with van der Waals surface area (Å²) in [6, 6.07) is 7.71. The van der Waals surface area contributed by atoms with Crippen LogP contribution in [0.15, 0.2) is 34.5 Å². The molecule has 0 aliphatic rings. The van der Waals surface area contributed by atoms with Gasteiger partial charge in [-0.1, -0.05) is 12.1 Å². The lowest BCUT2D eigenvalue weighted by Crippen LogP contribution is -1.99.